The highest BCUT2D eigenvalue weighted by Crippen LogP contribution is 2.30. The molecule has 10 heteroatoms. The fourth-order valence-electron chi connectivity index (χ4n) is 2.71. The first-order valence-electron chi connectivity index (χ1n) is 8.18. The summed E-state index contributed by atoms with van der Waals surface area (Å²) in [5, 5.41) is 2.88. The molecule has 2 aromatic rings. The standard InChI is InChI=1S/C17H16ClF3N4O2/c18-12-8-22-15(23-9-12)27-14-5-2-6-25(10-14)16(26)24-13-4-1-3-11(7-13)17(19,20)21/h1,3-4,7-9,14H,2,5-6,10H2,(H,24,26). The summed E-state index contributed by atoms with van der Waals surface area (Å²) in [7, 11) is 0. The van der Waals surface area contributed by atoms with E-state index in [1.165, 1.54) is 29.4 Å². The van der Waals surface area contributed by atoms with E-state index in [2.05, 4.69) is 15.3 Å². The van der Waals surface area contributed by atoms with Crippen molar-refractivity contribution in [2.75, 3.05) is 18.4 Å². The molecular formula is C17H16ClF3N4O2. The number of aromatic nitrogens is 2. The Kier molecular flexibility index (Phi) is 5.69. The smallest absolute Gasteiger partial charge is 0.416 e. The maximum atomic E-state index is 12.8. The molecule has 1 fully saturated rings. The van der Waals surface area contributed by atoms with Crippen LogP contribution in [0.5, 0.6) is 6.01 Å². The minimum absolute atomic E-state index is 0.0823. The summed E-state index contributed by atoms with van der Waals surface area (Å²) in [4.78, 5) is 21.8. The first kappa shape index (κ1) is 19.2. The van der Waals surface area contributed by atoms with Gasteiger partial charge in [-0.3, -0.25) is 0 Å². The molecule has 1 aliphatic rings. The van der Waals surface area contributed by atoms with Crippen LogP contribution >= 0.6 is 11.6 Å². The Morgan fingerprint density at radius 3 is 2.74 bits per heavy atom. The van der Waals surface area contributed by atoms with Crippen LogP contribution in [0.2, 0.25) is 5.02 Å². The van der Waals surface area contributed by atoms with E-state index in [4.69, 9.17) is 16.3 Å². The van der Waals surface area contributed by atoms with Crippen molar-refractivity contribution in [3.05, 3.63) is 47.2 Å². The summed E-state index contributed by atoms with van der Waals surface area (Å²) in [6, 6.07) is 4.18. The van der Waals surface area contributed by atoms with Gasteiger partial charge in [0, 0.05) is 12.2 Å². The van der Waals surface area contributed by atoms with Crippen molar-refractivity contribution in [1.29, 1.82) is 0 Å². The van der Waals surface area contributed by atoms with E-state index in [0.29, 0.717) is 24.4 Å². The summed E-state index contributed by atoms with van der Waals surface area (Å²) in [6.07, 6.45) is -0.570. The van der Waals surface area contributed by atoms with Crippen LogP contribution in [0, 0.1) is 0 Å². The Balaban J connectivity index is 1.60. The number of urea groups is 1. The normalized spacial score (nSPS) is 17.5. The zero-order chi connectivity index (χ0) is 19.4. The maximum Gasteiger partial charge on any atom is 0.416 e. The second-order valence-electron chi connectivity index (χ2n) is 6.02. The largest absolute Gasteiger partial charge is 0.458 e. The predicted octanol–water partition coefficient (Wildman–Crippen LogP) is 4.22. The van der Waals surface area contributed by atoms with Crippen LogP contribution in [0.1, 0.15) is 18.4 Å². The SMILES string of the molecule is O=C(Nc1cccc(C(F)(F)F)c1)N1CCCC(Oc2ncc(Cl)cn2)C1. The zero-order valence-corrected chi connectivity index (χ0v) is 14.8. The van der Waals surface area contributed by atoms with Crippen LogP contribution in [0.4, 0.5) is 23.7 Å². The average Bonchev–Trinajstić information content (AvgIpc) is 2.63. The Morgan fingerprint density at radius 1 is 1.30 bits per heavy atom. The lowest BCUT2D eigenvalue weighted by Crippen LogP contribution is -2.46. The lowest BCUT2D eigenvalue weighted by Gasteiger charge is -2.32. The summed E-state index contributed by atoms with van der Waals surface area (Å²) in [5.41, 5.74) is -0.737. The third-order valence-electron chi connectivity index (χ3n) is 3.98. The Morgan fingerprint density at radius 2 is 2.04 bits per heavy atom. The monoisotopic (exact) mass is 400 g/mol. The lowest BCUT2D eigenvalue weighted by molar-refractivity contribution is -0.137. The molecule has 0 radical (unpaired) electrons. The topological polar surface area (TPSA) is 67.4 Å². The van der Waals surface area contributed by atoms with Gasteiger partial charge in [0.05, 0.1) is 29.5 Å². The molecular weight excluding hydrogens is 385 g/mol. The van der Waals surface area contributed by atoms with Gasteiger partial charge in [-0.2, -0.15) is 13.2 Å². The highest BCUT2D eigenvalue weighted by Gasteiger charge is 2.31. The van der Waals surface area contributed by atoms with Crippen molar-refractivity contribution in [3.63, 3.8) is 0 Å². The Hall–Kier alpha value is -2.55. The molecule has 1 unspecified atom stereocenters. The maximum absolute atomic E-state index is 12.8. The van der Waals surface area contributed by atoms with Crippen molar-refractivity contribution in [3.8, 4) is 6.01 Å². The summed E-state index contributed by atoms with van der Waals surface area (Å²) in [6.45, 7) is 0.753. The van der Waals surface area contributed by atoms with E-state index >= 15 is 0 Å². The van der Waals surface area contributed by atoms with Crippen LogP contribution in [0.3, 0.4) is 0 Å². The number of nitrogens with zero attached hydrogens (tertiary/aromatic N) is 3. The molecule has 3 rings (SSSR count). The number of nitrogens with one attached hydrogen (secondary N) is 1. The molecule has 1 aliphatic heterocycles. The van der Waals surface area contributed by atoms with Crippen molar-refractivity contribution in [2.45, 2.75) is 25.1 Å². The summed E-state index contributed by atoms with van der Waals surface area (Å²) >= 11 is 5.72. The Labute approximate surface area is 158 Å². The molecule has 1 saturated heterocycles. The van der Waals surface area contributed by atoms with Gasteiger partial charge in [0.1, 0.15) is 6.10 Å². The molecule has 2 amide bonds. The van der Waals surface area contributed by atoms with Crippen LogP contribution < -0.4 is 10.1 Å². The number of hydrogen-bond acceptors (Lipinski definition) is 4. The van der Waals surface area contributed by atoms with Gasteiger partial charge in [-0.25, -0.2) is 14.8 Å². The highest BCUT2D eigenvalue weighted by atomic mass is 35.5. The number of halogens is 4. The Bertz CT molecular complexity index is 802. The number of carbonyl (C=O) groups is 1. The van der Waals surface area contributed by atoms with Crippen molar-refractivity contribution in [1.82, 2.24) is 14.9 Å². The van der Waals surface area contributed by atoms with E-state index in [-0.39, 0.29) is 24.3 Å². The zero-order valence-electron chi connectivity index (χ0n) is 14.0. The average molecular weight is 401 g/mol. The molecule has 144 valence electrons. The van der Waals surface area contributed by atoms with Crippen LogP contribution in [-0.2, 0) is 6.18 Å². The van der Waals surface area contributed by atoms with Gasteiger partial charge in [-0.15, -0.1) is 0 Å². The van der Waals surface area contributed by atoms with Gasteiger partial charge < -0.3 is 15.0 Å². The number of carbonyl (C=O) groups excluding carboxylic acids is 1. The molecule has 6 nitrogen and oxygen atoms in total. The number of piperidine rings is 1. The number of hydrogen-bond donors (Lipinski definition) is 1. The number of rotatable bonds is 3. The highest BCUT2D eigenvalue weighted by molar-refractivity contribution is 6.30. The fraction of sp³-hybridized carbons (Fsp3) is 0.353. The van der Waals surface area contributed by atoms with E-state index in [0.717, 1.165) is 12.1 Å². The molecule has 0 spiro atoms. The quantitative estimate of drug-likeness (QED) is 0.837. The van der Waals surface area contributed by atoms with E-state index in [1.807, 2.05) is 0 Å². The summed E-state index contributed by atoms with van der Waals surface area (Å²) < 4.78 is 44.0. The molecule has 2 heterocycles. The minimum Gasteiger partial charge on any atom is -0.458 e. The van der Waals surface area contributed by atoms with Gasteiger partial charge in [-0.1, -0.05) is 17.7 Å². The number of anilines is 1. The first-order valence-corrected chi connectivity index (χ1v) is 8.56. The van der Waals surface area contributed by atoms with Crippen molar-refractivity contribution >= 4 is 23.3 Å². The van der Waals surface area contributed by atoms with Gasteiger partial charge in [0.25, 0.3) is 0 Å². The van der Waals surface area contributed by atoms with Gasteiger partial charge >= 0.3 is 18.2 Å². The van der Waals surface area contributed by atoms with Crippen molar-refractivity contribution < 1.29 is 22.7 Å². The fourth-order valence-corrected chi connectivity index (χ4v) is 2.80. The second kappa shape index (κ2) is 7.99. The molecule has 27 heavy (non-hydrogen) atoms. The van der Waals surface area contributed by atoms with Gasteiger partial charge in [0.15, 0.2) is 0 Å². The number of alkyl halides is 3. The van der Waals surface area contributed by atoms with Crippen LogP contribution in [0.15, 0.2) is 36.7 Å². The second-order valence-corrected chi connectivity index (χ2v) is 6.46. The van der Waals surface area contributed by atoms with E-state index < -0.39 is 17.8 Å². The predicted molar refractivity (Wildman–Crippen MR) is 92.7 cm³/mol. The van der Waals surface area contributed by atoms with Gasteiger partial charge in [0.2, 0.25) is 0 Å². The molecule has 1 aromatic carbocycles. The minimum atomic E-state index is -4.47. The number of likely N-dealkylation sites (tertiary alicyclic amines) is 1. The third-order valence-corrected chi connectivity index (χ3v) is 4.17. The van der Waals surface area contributed by atoms with Crippen molar-refractivity contribution in [2.24, 2.45) is 0 Å². The van der Waals surface area contributed by atoms with Crippen LogP contribution in [0.25, 0.3) is 0 Å². The molecule has 0 bridgehead atoms. The molecule has 1 N–H and O–H groups in total. The molecule has 1 aromatic heterocycles. The van der Waals surface area contributed by atoms with E-state index in [1.54, 1.807) is 0 Å². The van der Waals surface area contributed by atoms with E-state index in [9.17, 15) is 18.0 Å². The number of ether oxygens (including phenoxy) is 1. The van der Waals surface area contributed by atoms with Crippen LogP contribution in [-0.4, -0.2) is 40.1 Å². The number of benzene rings is 1. The molecule has 0 aliphatic carbocycles. The van der Waals surface area contributed by atoms with Gasteiger partial charge in [-0.05, 0) is 31.0 Å². The first-order chi connectivity index (χ1) is 12.8. The lowest BCUT2D eigenvalue weighted by atomic mass is 10.1. The third kappa shape index (κ3) is 5.22. The number of amides is 2. The molecule has 1 atom stereocenters. The summed E-state index contributed by atoms with van der Waals surface area (Å²) in [5.74, 6) is 0. The molecule has 0 saturated carbocycles.